The molecule has 0 amide bonds. The highest BCUT2D eigenvalue weighted by Gasteiger charge is 2.16. The number of hydrogen-bond donors (Lipinski definition) is 0. The van der Waals surface area contributed by atoms with E-state index in [1.807, 2.05) is 34.9 Å². The number of nitrogens with zero attached hydrogens (tertiary/aromatic N) is 4. The number of hydrogen-bond acceptors (Lipinski definition) is 3. The van der Waals surface area contributed by atoms with Gasteiger partial charge in [-0.05, 0) is 24.3 Å². The third kappa shape index (κ3) is 1.66. The van der Waals surface area contributed by atoms with Gasteiger partial charge in [0.05, 0.1) is 0 Å². The zero-order valence-electron chi connectivity index (χ0n) is 10.4. The molecule has 3 heterocycles. The summed E-state index contributed by atoms with van der Waals surface area (Å²) < 4.78 is 2.03. The molecule has 90 valence electrons. The van der Waals surface area contributed by atoms with Crippen LogP contribution in [0.25, 0.3) is 17.0 Å². The Kier molecular flexibility index (Phi) is 2.55. The van der Waals surface area contributed by atoms with E-state index in [4.69, 9.17) is 0 Å². The van der Waals surface area contributed by atoms with Crippen molar-refractivity contribution in [3.8, 4) is 5.82 Å². The molecular formula is C14H14N4. The highest BCUT2D eigenvalue weighted by molar-refractivity contribution is 5.73. The fourth-order valence-corrected chi connectivity index (χ4v) is 2.03. The molecule has 0 aromatic carbocycles. The molecule has 0 saturated carbocycles. The fraction of sp³-hybridized carbons (Fsp3) is 0.214. The molecule has 0 saturated heterocycles. The Bertz CT molecular complexity index is 671. The highest BCUT2D eigenvalue weighted by atomic mass is 15.2. The van der Waals surface area contributed by atoms with Gasteiger partial charge in [-0.3, -0.25) is 4.57 Å². The third-order valence-corrected chi connectivity index (χ3v) is 2.84. The van der Waals surface area contributed by atoms with Gasteiger partial charge in [0.2, 0.25) is 0 Å². The number of rotatable bonds is 2. The lowest BCUT2D eigenvalue weighted by molar-refractivity contribution is 0.750. The predicted molar refractivity (Wildman–Crippen MR) is 70.7 cm³/mol. The van der Waals surface area contributed by atoms with Crippen molar-refractivity contribution in [2.45, 2.75) is 19.8 Å². The number of fused-ring (bicyclic) bond motifs is 1. The molecule has 3 aromatic rings. The molecule has 0 aliphatic rings. The second-order valence-electron chi connectivity index (χ2n) is 4.49. The molecule has 0 N–H and O–H groups in total. The summed E-state index contributed by atoms with van der Waals surface area (Å²) in [6, 6.07) is 9.74. The zero-order valence-corrected chi connectivity index (χ0v) is 10.4. The van der Waals surface area contributed by atoms with Crippen LogP contribution in [0.15, 0.2) is 42.7 Å². The van der Waals surface area contributed by atoms with Crippen molar-refractivity contribution in [3.05, 3.63) is 48.5 Å². The average Bonchev–Trinajstić information content (AvgIpc) is 2.79. The van der Waals surface area contributed by atoms with Crippen LogP contribution in [0.5, 0.6) is 0 Å². The van der Waals surface area contributed by atoms with Crippen LogP contribution in [-0.2, 0) is 0 Å². The van der Waals surface area contributed by atoms with Crippen LogP contribution in [0.4, 0.5) is 0 Å². The lowest BCUT2D eigenvalue weighted by Gasteiger charge is -2.09. The van der Waals surface area contributed by atoms with E-state index >= 15 is 0 Å². The van der Waals surface area contributed by atoms with Crippen molar-refractivity contribution in [2.75, 3.05) is 0 Å². The van der Waals surface area contributed by atoms with Gasteiger partial charge in [-0.2, -0.15) is 0 Å². The molecule has 18 heavy (non-hydrogen) atoms. The average molecular weight is 238 g/mol. The van der Waals surface area contributed by atoms with Gasteiger partial charge in [-0.15, -0.1) is 0 Å². The van der Waals surface area contributed by atoms with E-state index in [-0.39, 0.29) is 0 Å². The molecule has 0 bridgehead atoms. The fourth-order valence-electron chi connectivity index (χ4n) is 2.03. The smallest absolute Gasteiger partial charge is 0.165 e. The lowest BCUT2D eigenvalue weighted by Crippen LogP contribution is -2.05. The van der Waals surface area contributed by atoms with Crippen LogP contribution in [0.2, 0.25) is 0 Å². The second kappa shape index (κ2) is 4.22. The Morgan fingerprint density at radius 3 is 2.56 bits per heavy atom. The molecule has 4 heteroatoms. The van der Waals surface area contributed by atoms with Crippen molar-refractivity contribution in [3.63, 3.8) is 0 Å². The zero-order chi connectivity index (χ0) is 12.5. The van der Waals surface area contributed by atoms with Crippen molar-refractivity contribution in [1.29, 1.82) is 0 Å². The third-order valence-electron chi connectivity index (χ3n) is 2.84. The molecule has 0 fully saturated rings. The minimum absolute atomic E-state index is 0.321. The molecule has 3 rings (SSSR count). The maximum Gasteiger partial charge on any atom is 0.165 e. The van der Waals surface area contributed by atoms with E-state index in [0.29, 0.717) is 5.92 Å². The Morgan fingerprint density at radius 2 is 1.83 bits per heavy atom. The Labute approximate surface area is 105 Å². The number of aromatic nitrogens is 4. The molecule has 4 nitrogen and oxygen atoms in total. The van der Waals surface area contributed by atoms with Gasteiger partial charge in [0.25, 0.3) is 0 Å². The molecular weight excluding hydrogens is 224 g/mol. The summed E-state index contributed by atoms with van der Waals surface area (Å²) in [5.74, 6) is 2.17. The molecule has 0 atom stereocenters. The molecule has 0 radical (unpaired) electrons. The standard InChI is InChI=1S/C14H14N4/c1-10(2)13-17-11-6-5-9-16-14(11)18(13)12-7-3-4-8-15-12/h3-10H,1-2H3. The van der Waals surface area contributed by atoms with Crippen molar-refractivity contribution in [2.24, 2.45) is 0 Å². The second-order valence-corrected chi connectivity index (χ2v) is 4.49. The maximum absolute atomic E-state index is 4.65. The van der Waals surface area contributed by atoms with E-state index in [0.717, 1.165) is 22.8 Å². The Morgan fingerprint density at radius 1 is 1.00 bits per heavy atom. The van der Waals surface area contributed by atoms with E-state index in [1.165, 1.54) is 0 Å². The number of imidazole rings is 1. The van der Waals surface area contributed by atoms with Crippen molar-refractivity contribution < 1.29 is 0 Å². The van der Waals surface area contributed by atoms with Crippen LogP contribution in [0, 0.1) is 0 Å². The molecule has 3 aromatic heterocycles. The van der Waals surface area contributed by atoms with Crippen LogP contribution in [-0.4, -0.2) is 19.5 Å². The number of pyridine rings is 2. The Balaban J connectivity index is 2.35. The normalized spacial score (nSPS) is 11.3. The first kappa shape index (κ1) is 10.9. The van der Waals surface area contributed by atoms with Gasteiger partial charge in [-0.25, -0.2) is 15.0 Å². The minimum atomic E-state index is 0.321. The first-order chi connectivity index (χ1) is 8.77. The van der Waals surface area contributed by atoms with Crippen LogP contribution in [0.1, 0.15) is 25.6 Å². The summed E-state index contributed by atoms with van der Waals surface area (Å²) >= 11 is 0. The Hall–Kier alpha value is -2.23. The van der Waals surface area contributed by atoms with Crippen molar-refractivity contribution >= 4 is 11.2 Å². The van der Waals surface area contributed by atoms with E-state index in [9.17, 15) is 0 Å². The summed E-state index contributed by atoms with van der Waals surface area (Å²) in [6.07, 6.45) is 3.57. The molecule has 0 aliphatic heterocycles. The van der Waals surface area contributed by atoms with Gasteiger partial charge in [0.1, 0.15) is 17.2 Å². The van der Waals surface area contributed by atoms with Gasteiger partial charge in [-0.1, -0.05) is 19.9 Å². The lowest BCUT2D eigenvalue weighted by atomic mass is 10.2. The summed E-state index contributed by atoms with van der Waals surface area (Å²) in [4.78, 5) is 13.5. The molecule has 0 spiro atoms. The summed E-state index contributed by atoms with van der Waals surface area (Å²) in [5, 5.41) is 0. The largest absolute Gasteiger partial charge is 0.264 e. The van der Waals surface area contributed by atoms with Gasteiger partial charge in [0.15, 0.2) is 5.65 Å². The van der Waals surface area contributed by atoms with Gasteiger partial charge < -0.3 is 0 Å². The minimum Gasteiger partial charge on any atom is -0.264 e. The SMILES string of the molecule is CC(C)c1nc2cccnc2n1-c1ccccn1. The van der Waals surface area contributed by atoms with Gasteiger partial charge >= 0.3 is 0 Å². The summed E-state index contributed by atoms with van der Waals surface area (Å²) in [5.41, 5.74) is 1.77. The summed E-state index contributed by atoms with van der Waals surface area (Å²) in [6.45, 7) is 4.25. The first-order valence-electron chi connectivity index (χ1n) is 6.02. The van der Waals surface area contributed by atoms with Gasteiger partial charge in [0, 0.05) is 18.3 Å². The van der Waals surface area contributed by atoms with Crippen LogP contribution in [0.3, 0.4) is 0 Å². The molecule has 0 unspecified atom stereocenters. The van der Waals surface area contributed by atoms with Crippen LogP contribution >= 0.6 is 0 Å². The first-order valence-corrected chi connectivity index (χ1v) is 6.02. The monoisotopic (exact) mass is 238 g/mol. The summed E-state index contributed by atoms with van der Waals surface area (Å²) in [7, 11) is 0. The maximum atomic E-state index is 4.65. The van der Waals surface area contributed by atoms with E-state index in [2.05, 4.69) is 28.8 Å². The van der Waals surface area contributed by atoms with Crippen LogP contribution < -0.4 is 0 Å². The predicted octanol–water partition coefficient (Wildman–Crippen LogP) is 2.94. The topological polar surface area (TPSA) is 43.6 Å². The van der Waals surface area contributed by atoms with Crippen molar-refractivity contribution in [1.82, 2.24) is 19.5 Å². The van der Waals surface area contributed by atoms with E-state index < -0.39 is 0 Å². The quantitative estimate of drug-likeness (QED) is 0.689. The highest BCUT2D eigenvalue weighted by Crippen LogP contribution is 2.23. The molecule has 0 aliphatic carbocycles. The van der Waals surface area contributed by atoms with E-state index in [1.54, 1.807) is 12.4 Å².